The van der Waals surface area contributed by atoms with Gasteiger partial charge in [-0.25, -0.2) is 14.6 Å². The van der Waals surface area contributed by atoms with E-state index in [0.717, 1.165) is 5.69 Å². The molecule has 0 aliphatic carbocycles. The average Bonchev–Trinajstić information content (AvgIpc) is 2.54. The molecule has 0 spiro atoms. The highest BCUT2D eigenvalue weighted by molar-refractivity contribution is 6.06. The van der Waals surface area contributed by atoms with Gasteiger partial charge in [0.25, 0.3) is 0 Å². The summed E-state index contributed by atoms with van der Waals surface area (Å²) in [6.07, 6.45) is 1.42. The first-order chi connectivity index (χ1) is 10.2. The van der Waals surface area contributed by atoms with Gasteiger partial charge in [-0.05, 0) is 18.2 Å². The van der Waals surface area contributed by atoms with Crippen LogP contribution in [0, 0.1) is 0 Å². The summed E-state index contributed by atoms with van der Waals surface area (Å²) in [4.78, 5) is 27.8. The number of rotatable bonds is 4. The summed E-state index contributed by atoms with van der Waals surface area (Å²) in [6, 6.07) is 10.6. The molecule has 1 aromatic carbocycles. The van der Waals surface area contributed by atoms with Crippen molar-refractivity contribution in [3.63, 3.8) is 0 Å². The Kier molecular flexibility index (Phi) is 4.50. The van der Waals surface area contributed by atoms with Crippen LogP contribution < -0.4 is 5.32 Å². The monoisotopic (exact) mass is 286 g/mol. The topological polar surface area (TPSA) is 77.5 Å². The van der Waals surface area contributed by atoms with E-state index >= 15 is 0 Å². The normalized spacial score (nSPS) is 9.81. The van der Waals surface area contributed by atoms with Crippen LogP contribution in [0.2, 0.25) is 0 Å². The number of pyridine rings is 1. The van der Waals surface area contributed by atoms with Gasteiger partial charge in [0.15, 0.2) is 0 Å². The van der Waals surface area contributed by atoms with Crippen molar-refractivity contribution in [1.29, 1.82) is 0 Å². The van der Waals surface area contributed by atoms with E-state index in [1.807, 2.05) is 30.3 Å². The molecule has 0 fully saturated rings. The third kappa shape index (κ3) is 3.17. The van der Waals surface area contributed by atoms with E-state index in [0.29, 0.717) is 0 Å². The molecule has 21 heavy (non-hydrogen) atoms. The number of carbonyl (C=O) groups excluding carboxylic acids is 2. The maximum atomic E-state index is 12.0. The number of nitrogens with zero attached hydrogens (tertiary/aromatic N) is 1. The summed E-state index contributed by atoms with van der Waals surface area (Å²) >= 11 is 0. The first kappa shape index (κ1) is 14.5. The van der Waals surface area contributed by atoms with Crippen LogP contribution >= 0.6 is 0 Å². The number of ether oxygens (including phenoxy) is 2. The maximum absolute atomic E-state index is 12.0. The third-order valence-corrected chi connectivity index (χ3v) is 2.78. The van der Waals surface area contributed by atoms with Crippen molar-refractivity contribution in [2.45, 2.75) is 0 Å². The number of benzene rings is 1. The van der Waals surface area contributed by atoms with Gasteiger partial charge < -0.3 is 14.8 Å². The number of carbonyl (C=O) groups is 2. The van der Waals surface area contributed by atoms with Crippen LogP contribution in [0.15, 0.2) is 42.6 Å². The van der Waals surface area contributed by atoms with Gasteiger partial charge in [0.2, 0.25) is 0 Å². The minimum atomic E-state index is -0.665. The molecule has 0 aliphatic rings. The standard InChI is InChI=1S/C15H14N2O4/c1-20-14(18)11-8-9-16-13(12(11)15(19)21-2)17-10-6-4-3-5-7-10/h3-9H,1-2H3,(H,16,17). The highest BCUT2D eigenvalue weighted by Gasteiger charge is 2.23. The fraction of sp³-hybridized carbons (Fsp3) is 0.133. The van der Waals surface area contributed by atoms with Gasteiger partial charge in [0.05, 0.1) is 19.8 Å². The molecule has 0 unspecified atom stereocenters. The minimum absolute atomic E-state index is 0.0377. The maximum Gasteiger partial charge on any atom is 0.342 e. The largest absolute Gasteiger partial charge is 0.465 e. The van der Waals surface area contributed by atoms with E-state index in [4.69, 9.17) is 4.74 Å². The van der Waals surface area contributed by atoms with Gasteiger partial charge in [0, 0.05) is 11.9 Å². The number of hydrogen-bond donors (Lipinski definition) is 1. The van der Waals surface area contributed by atoms with E-state index in [9.17, 15) is 9.59 Å². The molecule has 0 radical (unpaired) electrons. The summed E-state index contributed by atoms with van der Waals surface area (Å²) in [5.41, 5.74) is 0.866. The lowest BCUT2D eigenvalue weighted by Gasteiger charge is -2.12. The molecular formula is C15H14N2O4. The van der Waals surface area contributed by atoms with Crippen molar-refractivity contribution in [2.75, 3.05) is 19.5 Å². The first-order valence-electron chi connectivity index (χ1n) is 6.15. The number of para-hydroxylation sites is 1. The predicted molar refractivity (Wildman–Crippen MR) is 76.6 cm³/mol. The van der Waals surface area contributed by atoms with Crippen molar-refractivity contribution >= 4 is 23.4 Å². The zero-order chi connectivity index (χ0) is 15.2. The van der Waals surface area contributed by atoms with Gasteiger partial charge in [0.1, 0.15) is 11.4 Å². The summed E-state index contributed by atoms with van der Waals surface area (Å²) < 4.78 is 9.40. The lowest BCUT2D eigenvalue weighted by Crippen LogP contribution is -2.15. The Balaban J connectivity index is 2.49. The molecule has 0 atom stereocenters. The van der Waals surface area contributed by atoms with Crippen molar-refractivity contribution in [3.05, 3.63) is 53.7 Å². The van der Waals surface area contributed by atoms with E-state index in [2.05, 4.69) is 15.0 Å². The molecule has 1 aromatic heterocycles. The Morgan fingerprint density at radius 3 is 2.29 bits per heavy atom. The second kappa shape index (κ2) is 6.51. The van der Waals surface area contributed by atoms with Crippen LogP contribution in [0.4, 0.5) is 11.5 Å². The average molecular weight is 286 g/mol. The zero-order valence-corrected chi connectivity index (χ0v) is 11.6. The number of methoxy groups -OCH3 is 2. The highest BCUT2D eigenvalue weighted by atomic mass is 16.5. The summed E-state index contributed by atoms with van der Waals surface area (Å²) in [5.74, 6) is -1.06. The molecule has 0 bridgehead atoms. The molecule has 2 aromatic rings. The van der Waals surface area contributed by atoms with E-state index in [-0.39, 0.29) is 16.9 Å². The smallest absolute Gasteiger partial charge is 0.342 e. The Hall–Kier alpha value is -2.89. The first-order valence-corrected chi connectivity index (χ1v) is 6.15. The van der Waals surface area contributed by atoms with Gasteiger partial charge in [-0.15, -0.1) is 0 Å². The van der Waals surface area contributed by atoms with Crippen molar-refractivity contribution in [1.82, 2.24) is 4.98 Å². The molecule has 0 saturated carbocycles. The quantitative estimate of drug-likeness (QED) is 0.870. The molecule has 2 rings (SSSR count). The molecule has 6 heteroatoms. The van der Waals surface area contributed by atoms with Crippen LogP contribution in [0.5, 0.6) is 0 Å². The SMILES string of the molecule is COC(=O)c1ccnc(Nc2ccccc2)c1C(=O)OC. The van der Waals surface area contributed by atoms with Crippen LogP contribution in [-0.2, 0) is 9.47 Å². The molecule has 0 saturated heterocycles. The van der Waals surface area contributed by atoms with Gasteiger partial charge in [-0.1, -0.05) is 18.2 Å². The summed E-state index contributed by atoms with van der Waals surface area (Å²) in [7, 11) is 2.48. The second-order valence-corrected chi connectivity index (χ2v) is 4.06. The molecule has 0 aliphatic heterocycles. The Morgan fingerprint density at radius 2 is 1.67 bits per heavy atom. The van der Waals surface area contributed by atoms with E-state index < -0.39 is 11.9 Å². The Labute approximate surface area is 121 Å². The van der Waals surface area contributed by atoms with Crippen molar-refractivity contribution in [2.24, 2.45) is 0 Å². The molecular weight excluding hydrogens is 272 g/mol. The number of nitrogens with one attached hydrogen (secondary N) is 1. The molecule has 0 amide bonds. The fourth-order valence-corrected chi connectivity index (χ4v) is 1.80. The number of hydrogen-bond acceptors (Lipinski definition) is 6. The third-order valence-electron chi connectivity index (χ3n) is 2.78. The highest BCUT2D eigenvalue weighted by Crippen LogP contribution is 2.23. The van der Waals surface area contributed by atoms with Crippen LogP contribution in [-0.4, -0.2) is 31.1 Å². The lowest BCUT2D eigenvalue weighted by atomic mass is 10.1. The predicted octanol–water partition coefficient (Wildman–Crippen LogP) is 2.40. The zero-order valence-electron chi connectivity index (χ0n) is 11.6. The van der Waals surface area contributed by atoms with E-state index in [1.54, 1.807) is 0 Å². The van der Waals surface area contributed by atoms with Crippen LogP contribution in [0.25, 0.3) is 0 Å². The van der Waals surface area contributed by atoms with Crippen molar-refractivity contribution in [3.8, 4) is 0 Å². The van der Waals surface area contributed by atoms with Crippen LogP contribution in [0.3, 0.4) is 0 Å². The molecule has 1 heterocycles. The number of esters is 2. The Morgan fingerprint density at radius 1 is 1.00 bits per heavy atom. The number of aromatic nitrogens is 1. The van der Waals surface area contributed by atoms with Gasteiger partial charge in [-0.2, -0.15) is 0 Å². The van der Waals surface area contributed by atoms with Crippen LogP contribution in [0.1, 0.15) is 20.7 Å². The summed E-state index contributed by atoms with van der Waals surface area (Å²) in [5, 5.41) is 2.99. The summed E-state index contributed by atoms with van der Waals surface area (Å²) in [6.45, 7) is 0. The van der Waals surface area contributed by atoms with Gasteiger partial charge >= 0.3 is 11.9 Å². The lowest BCUT2D eigenvalue weighted by molar-refractivity contribution is 0.0555. The Bertz CT molecular complexity index is 656. The molecule has 6 nitrogen and oxygen atoms in total. The molecule has 108 valence electrons. The number of anilines is 2. The molecule has 1 N–H and O–H groups in total. The van der Waals surface area contributed by atoms with Gasteiger partial charge in [-0.3, -0.25) is 0 Å². The minimum Gasteiger partial charge on any atom is -0.465 e. The van der Waals surface area contributed by atoms with E-state index in [1.165, 1.54) is 26.5 Å². The second-order valence-electron chi connectivity index (χ2n) is 4.06. The van der Waals surface area contributed by atoms with Crippen molar-refractivity contribution < 1.29 is 19.1 Å². The fourth-order valence-electron chi connectivity index (χ4n) is 1.80.